The standard InChI is InChI=1S/C39H71N7O8/c1-5-7-8-9-10-11-12-13-14-15-16-17-18-21-35(52)46-37(28(4)47)33(50)25-29(26-34(40)51)38(54)44-27(3)32(49)22-23-36(53)45-30(31(48)6-2)20-19-24-43-39(41)42/h27-30,37,47H,5-26H2,1-4H3,(H2,40,51)(H,44,54)(H,45,53)(H,46,52)(H4,41,42,43)/t27-,28+,29-,30-,37-/m0/s1. The molecule has 10 N–H and O–H groups in total. The van der Waals surface area contributed by atoms with E-state index in [1.54, 1.807) is 6.92 Å². The molecule has 0 aromatic rings. The predicted octanol–water partition coefficient (Wildman–Crippen LogP) is 3.16. The van der Waals surface area contributed by atoms with Crippen molar-refractivity contribution >= 4 is 46.9 Å². The lowest BCUT2D eigenvalue weighted by molar-refractivity contribution is -0.136. The second-order valence-electron chi connectivity index (χ2n) is 14.4. The van der Waals surface area contributed by atoms with E-state index in [4.69, 9.17) is 17.2 Å². The number of nitrogens with two attached hydrogens (primary N) is 3. The quantitative estimate of drug-likeness (QED) is 0.0286. The van der Waals surface area contributed by atoms with Crippen molar-refractivity contribution in [3.63, 3.8) is 0 Å². The van der Waals surface area contributed by atoms with E-state index in [0.717, 1.165) is 19.3 Å². The minimum absolute atomic E-state index is 0.0762. The molecule has 0 aliphatic carbocycles. The highest BCUT2D eigenvalue weighted by Crippen LogP contribution is 2.16. The van der Waals surface area contributed by atoms with E-state index in [1.807, 2.05) is 0 Å². The van der Waals surface area contributed by atoms with Crippen molar-refractivity contribution in [3.8, 4) is 0 Å². The lowest BCUT2D eigenvalue weighted by atomic mass is 9.92. The van der Waals surface area contributed by atoms with Crippen LogP contribution in [-0.4, -0.2) is 82.8 Å². The first-order chi connectivity index (χ1) is 25.6. The van der Waals surface area contributed by atoms with E-state index in [1.165, 1.54) is 71.6 Å². The maximum absolute atomic E-state index is 13.2. The summed E-state index contributed by atoms with van der Waals surface area (Å²) in [5.41, 5.74) is 16.0. The van der Waals surface area contributed by atoms with E-state index in [-0.39, 0.29) is 44.0 Å². The number of nitrogens with one attached hydrogen (secondary N) is 3. The molecule has 0 heterocycles. The van der Waals surface area contributed by atoms with Crippen LogP contribution >= 0.6 is 0 Å². The van der Waals surface area contributed by atoms with Gasteiger partial charge in [-0.05, 0) is 33.1 Å². The van der Waals surface area contributed by atoms with Gasteiger partial charge in [-0.2, -0.15) is 0 Å². The maximum Gasteiger partial charge on any atom is 0.224 e. The van der Waals surface area contributed by atoms with Crippen LogP contribution in [0.25, 0.3) is 0 Å². The SMILES string of the molecule is CCCCCCCCCCCCCCCC(=O)N[C@H](C(=O)C[C@@H](CC(N)=O)C(=O)N[C@@H](C)C(=O)CCC(=O)N[C@@H](CCCN=C(N)N)C(=O)CC)[C@@H](C)O. The van der Waals surface area contributed by atoms with E-state index >= 15 is 0 Å². The highest BCUT2D eigenvalue weighted by Gasteiger charge is 2.32. The number of aliphatic imine (C=N–C) groups is 1. The Morgan fingerprint density at radius 2 is 1.15 bits per heavy atom. The summed E-state index contributed by atoms with van der Waals surface area (Å²) in [6.07, 6.45) is 13.5. The topological polar surface area (TPSA) is 266 Å². The summed E-state index contributed by atoms with van der Waals surface area (Å²) in [5.74, 6) is -5.22. The molecule has 310 valence electrons. The van der Waals surface area contributed by atoms with Gasteiger partial charge in [-0.15, -0.1) is 0 Å². The number of nitrogens with zero attached hydrogens (tertiary/aromatic N) is 1. The van der Waals surface area contributed by atoms with Gasteiger partial charge in [-0.25, -0.2) is 0 Å². The zero-order valence-electron chi connectivity index (χ0n) is 33.4. The minimum Gasteiger partial charge on any atom is -0.391 e. The molecule has 0 radical (unpaired) electrons. The Morgan fingerprint density at radius 1 is 0.611 bits per heavy atom. The van der Waals surface area contributed by atoms with Gasteiger partial charge in [-0.3, -0.25) is 38.6 Å². The second kappa shape index (κ2) is 30.4. The zero-order chi connectivity index (χ0) is 40.9. The van der Waals surface area contributed by atoms with Crippen LogP contribution in [0.4, 0.5) is 0 Å². The number of carbonyl (C=O) groups excluding carboxylic acids is 7. The van der Waals surface area contributed by atoms with Gasteiger partial charge in [0.05, 0.1) is 24.1 Å². The van der Waals surface area contributed by atoms with Crippen LogP contribution in [0.15, 0.2) is 4.99 Å². The lowest BCUT2D eigenvalue weighted by Gasteiger charge is -2.23. The number of aliphatic hydroxyl groups excluding tert-OH is 1. The molecule has 0 rings (SSSR count). The molecule has 15 heteroatoms. The number of Topliss-reactive ketones (excluding diaryl/α,β-unsaturated/α-hetero) is 3. The fourth-order valence-corrected chi connectivity index (χ4v) is 6.08. The minimum atomic E-state index is -1.30. The maximum atomic E-state index is 13.2. The van der Waals surface area contributed by atoms with Gasteiger partial charge < -0.3 is 38.3 Å². The average Bonchev–Trinajstić information content (AvgIpc) is 3.11. The first-order valence-corrected chi connectivity index (χ1v) is 20.1. The zero-order valence-corrected chi connectivity index (χ0v) is 33.4. The van der Waals surface area contributed by atoms with E-state index in [0.29, 0.717) is 19.3 Å². The molecule has 0 spiro atoms. The van der Waals surface area contributed by atoms with Crippen LogP contribution in [0.3, 0.4) is 0 Å². The molecule has 0 bridgehead atoms. The van der Waals surface area contributed by atoms with Crippen molar-refractivity contribution in [1.82, 2.24) is 16.0 Å². The fourth-order valence-electron chi connectivity index (χ4n) is 6.08. The van der Waals surface area contributed by atoms with E-state index in [9.17, 15) is 38.7 Å². The van der Waals surface area contributed by atoms with Gasteiger partial charge in [0, 0.05) is 45.1 Å². The Bertz CT molecular complexity index is 1190. The van der Waals surface area contributed by atoms with E-state index in [2.05, 4.69) is 27.9 Å². The van der Waals surface area contributed by atoms with Gasteiger partial charge in [0.2, 0.25) is 23.6 Å². The number of hydrogen-bond donors (Lipinski definition) is 7. The van der Waals surface area contributed by atoms with Gasteiger partial charge >= 0.3 is 0 Å². The average molecular weight is 766 g/mol. The smallest absolute Gasteiger partial charge is 0.224 e. The molecule has 0 aliphatic heterocycles. The Kier molecular flexibility index (Phi) is 28.3. The number of unbranched alkanes of at least 4 members (excludes halogenated alkanes) is 12. The molecule has 0 aromatic carbocycles. The summed E-state index contributed by atoms with van der Waals surface area (Å²) in [5, 5.41) is 18.0. The van der Waals surface area contributed by atoms with Crippen LogP contribution in [0.2, 0.25) is 0 Å². The van der Waals surface area contributed by atoms with Crippen molar-refractivity contribution in [2.75, 3.05) is 6.54 Å². The number of ketones is 3. The number of carbonyl (C=O) groups is 7. The Balaban J connectivity index is 4.87. The van der Waals surface area contributed by atoms with Crippen LogP contribution in [0.1, 0.15) is 163 Å². The summed E-state index contributed by atoms with van der Waals surface area (Å²) in [7, 11) is 0. The molecule has 5 atom stereocenters. The molecule has 0 fully saturated rings. The molecular formula is C39H71N7O8. The Hall–Kier alpha value is -3.88. The molecule has 0 saturated carbocycles. The number of guanidine groups is 1. The molecule has 0 unspecified atom stereocenters. The molecule has 0 aromatic heterocycles. The summed E-state index contributed by atoms with van der Waals surface area (Å²) in [6.45, 7) is 6.94. The molecule has 54 heavy (non-hydrogen) atoms. The number of hydrogen-bond acceptors (Lipinski definition) is 9. The van der Waals surface area contributed by atoms with Crippen LogP contribution in [0.5, 0.6) is 0 Å². The fraction of sp³-hybridized carbons (Fsp3) is 0.795. The van der Waals surface area contributed by atoms with Crippen LogP contribution in [-0.2, 0) is 33.6 Å². The summed E-state index contributed by atoms with van der Waals surface area (Å²) in [6, 6.07) is -3.13. The van der Waals surface area contributed by atoms with Crippen molar-refractivity contribution in [3.05, 3.63) is 0 Å². The molecule has 15 nitrogen and oxygen atoms in total. The van der Waals surface area contributed by atoms with Crippen molar-refractivity contribution in [1.29, 1.82) is 0 Å². The van der Waals surface area contributed by atoms with E-state index < -0.39 is 78.2 Å². The highest BCUT2D eigenvalue weighted by atomic mass is 16.3. The number of primary amides is 1. The summed E-state index contributed by atoms with van der Waals surface area (Å²) in [4.78, 5) is 92.4. The first kappa shape index (κ1) is 50.1. The van der Waals surface area contributed by atoms with Gasteiger partial charge in [0.1, 0.15) is 6.04 Å². The monoisotopic (exact) mass is 766 g/mol. The van der Waals surface area contributed by atoms with Crippen molar-refractivity contribution in [2.24, 2.45) is 28.1 Å². The second-order valence-corrected chi connectivity index (χ2v) is 14.4. The normalized spacial score (nSPS) is 13.8. The Morgan fingerprint density at radius 3 is 1.65 bits per heavy atom. The van der Waals surface area contributed by atoms with Gasteiger partial charge in [0.25, 0.3) is 0 Å². The molecular weight excluding hydrogens is 694 g/mol. The highest BCUT2D eigenvalue weighted by molar-refractivity contribution is 5.97. The largest absolute Gasteiger partial charge is 0.391 e. The third-order valence-corrected chi connectivity index (χ3v) is 9.38. The predicted molar refractivity (Wildman–Crippen MR) is 210 cm³/mol. The van der Waals surface area contributed by atoms with Crippen molar-refractivity contribution < 1.29 is 38.7 Å². The number of rotatable bonds is 34. The summed E-state index contributed by atoms with van der Waals surface area (Å²) < 4.78 is 0. The van der Waals surface area contributed by atoms with Gasteiger partial charge in [0.15, 0.2) is 23.3 Å². The molecule has 4 amide bonds. The van der Waals surface area contributed by atoms with Crippen molar-refractivity contribution in [2.45, 2.75) is 187 Å². The summed E-state index contributed by atoms with van der Waals surface area (Å²) >= 11 is 0. The number of amides is 4. The lowest BCUT2D eigenvalue weighted by Crippen LogP contribution is -2.49. The molecule has 0 aliphatic rings. The third-order valence-electron chi connectivity index (χ3n) is 9.38. The number of aliphatic hydroxyl groups is 1. The first-order valence-electron chi connectivity index (χ1n) is 20.1. The van der Waals surface area contributed by atoms with Gasteiger partial charge in [-0.1, -0.05) is 90.9 Å². The van der Waals surface area contributed by atoms with Crippen LogP contribution in [0, 0.1) is 5.92 Å². The third kappa shape index (κ3) is 25.2. The van der Waals surface area contributed by atoms with Crippen LogP contribution < -0.4 is 33.2 Å². The Labute approximate surface area is 322 Å². The molecule has 0 saturated heterocycles.